The fraction of sp³-hybridized carbons (Fsp3) is 0.240. The minimum atomic E-state index is 0.421. The first-order chi connectivity index (χ1) is 14.8. The maximum absolute atomic E-state index is 6.31. The highest BCUT2D eigenvalue weighted by Crippen LogP contribution is 2.31. The molecule has 3 aromatic carbocycles. The van der Waals surface area contributed by atoms with Crippen molar-refractivity contribution in [1.82, 2.24) is 19.8 Å². The van der Waals surface area contributed by atoms with Crippen molar-refractivity contribution < 1.29 is 4.74 Å². The van der Waals surface area contributed by atoms with Crippen molar-refractivity contribution in [3.8, 4) is 22.6 Å². The molecule has 31 heavy (non-hydrogen) atoms. The lowest BCUT2D eigenvalue weighted by Crippen LogP contribution is -2.08. The molecule has 4 rings (SSSR count). The molecule has 0 unspecified atom stereocenters. The quantitative estimate of drug-likeness (QED) is 0.375. The summed E-state index contributed by atoms with van der Waals surface area (Å²) >= 11 is 5.46. The van der Waals surface area contributed by atoms with E-state index in [0.717, 1.165) is 28.1 Å². The van der Waals surface area contributed by atoms with Crippen molar-refractivity contribution >= 4 is 12.2 Å². The van der Waals surface area contributed by atoms with Crippen molar-refractivity contribution in [2.75, 3.05) is 0 Å². The molecule has 4 aromatic rings. The third-order valence-electron chi connectivity index (χ3n) is 5.56. The van der Waals surface area contributed by atoms with Crippen LogP contribution >= 0.6 is 12.2 Å². The highest BCUT2D eigenvalue weighted by Gasteiger charge is 2.14. The van der Waals surface area contributed by atoms with Crippen LogP contribution in [0.15, 0.2) is 54.6 Å². The highest BCUT2D eigenvalue weighted by atomic mass is 32.1. The summed E-state index contributed by atoms with van der Waals surface area (Å²) in [4.78, 5) is 0. The number of nitrogens with zero attached hydrogens (tertiary/aromatic N) is 4. The second-order valence-corrected chi connectivity index (χ2v) is 8.33. The minimum absolute atomic E-state index is 0.421. The van der Waals surface area contributed by atoms with Gasteiger partial charge in [0.25, 0.3) is 0 Å². The molecule has 0 bridgehead atoms. The maximum Gasteiger partial charge on any atom is 0.220 e. The Morgan fingerprint density at radius 1 is 0.871 bits per heavy atom. The Bertz CT molecular complexity index is 1320. The fourth-order valence-corrected chi connectivity index (χ4v) is 3.93. The number of tetrazole rings is 1. The second-order valence-electron chi connectivity index (χ2n) is 7.96. The van der Waals surface area contributed by atoms with Crippen LogP contribution < -0.4 is 4.74 Å². The molecule has 0 spiro atoms. The zero-order valence-corrected chi connectivity index (χ0v) is 19.3. The molecule has 0 aliphatic carbocycles. The van der Waals surface area contributed by atoms with E-state index in [1.807, 2.05) is 12.1 Å². The normalized spacial score (nSPS) is 11.0. The summed E-state index contributed by atoms with van der Waals surface area (Å²) < 4.78 is 10.1. The van der Waals surface area contributed by atoms with Gasteiger partial charge in [0.2, 0.25) is 4.77 Å². The molecular weight excluding hydrogens is 404 g/mol. The van der Waals surface area contributed by atoms with Crippen LogP contribution in [0.4, 0.5) is 0 Å². The fourth-order valence-electron chi connectivity index (χ4n) is 3.76. The van der Waals surface area contributed by atoms with Crippen LogP contribution in [-0.2, 0) is 13.7 Å². The molecule has 5 nitrogen and oxygen atoms in total. The van der Waals surface area contributed by atoms with Gasteiger partial charge in [-0.25, -0.2) is 4.68 Å². The zero-order chi connectivity index (χ0) is 22.1. The molecule has 0 fully saturated rings. The van der Waals surface area contributed by atoms with Crippen LogP contribution in [0.2, 0.25) is 0 Å². The van der Waals surface area contributed by atoms with E-state index in [-0.39, 0.29) is 0 Å². The van der Waals surface area contributed by atoms with Gasteiger partial charge in [0.05, 0.1) is 5.69 Å². The number of rotatable bonds is 5. The molecule has 0 saturated carbocycles. The van der Waals surface area contributed by atoms with Gasteiger partial charge in [0, 0.05) is 12.6 Å². The molecule has 0 aliphatic heterocycles. The highest BCUT2D eigenvalue weighted by molar-refractivity contribution is 7.71. The molecule has 0 amide bonds. The molecule has 0 aliphatic rings. The van der Waals surface area contributed by atoms with Crippen LogP contribution in [0.25, 0.3) is 16.8 Å². The smallest absolute Gasteiger partial charge is 0.220 e. The SMILES string of the molecule is Cc1cccc(-c2cc(C)c(OCc3c(C)cccc3-n3nnn(C)c3=S)cc2C)c1. The Hall–Kier alpha value is -3.25. The molecule has 0 atom stereocenters. The number of aromatic nitrogens is 4. The van der Waals surface area contributed by atoms with Gasteiger partial charge in [-0.05, 0) is 96.4 Å². The van der Waals surface area contributed by atoms with Crippen molar-refractivity contribution in [3.05, 3.63) is 87.2 Å². The summed E-state index contributed by atoms with van der Waals surface area (Å²) in [6.07, 6.45) is 0. The van der Waals surface area contributed by atoms with Gasteiger partial charge in [-0.2, -0.15) is 4.68 Å². The van der Waals surface area contributed by atoms with Gasteiger partial charge >= 0.3 is 0 Å². The Morgan fingerprint density at radius 3 is 2.35 bits per heavy atom. The molecule has 1 heterocycles. The zero-order valence-electron chi connectivity index (χ0n) is 18.5. The monoisotopic (exact) mass is 430 g/mol. The third kappa shape index (κ3) is 4.16. The number of benzene rings is 3. The van der Waals surface area contributed by atoms with E-state index >= 15 is 0 Å². The van der Waals surface area contributed by atoms with Gasteiger partial charge in [-0.1, -0.05) is 42.0 Å². The summed E-state index contributed by atoms with van der Waals surface area (Å²) in [5.41, 5.74) is 9.06. The van der Waals surface area contributed by atoms with E-state index in [1.165, 1.54) is 22.3 Å². The minimum Gasteiger partial charge on any atom is -0.489 e. The molecule has 6 heteroatoms. The molecule has 1 aromatic heterocycles. The van der Waals surface area contributed by atoms with Gasteiger partial charge < -0.3 is 4.74 Å². The predicted octanol–water partition coefficient (Wildman–Crippen LogP) is 5.81. The lowest BCUT2D eigenvalue weighted by molar-refractivity contribution is 0.302. The van der Waals surface area contributed by atoms with E-state index < -0.39 is 0 Å². The Kier molecular flexibility index (Phi) is 5.74. The average molecular weight is 431 g/mol. The van der Waals surface area contributed by atoms with E-state index in [4.69, 9.17) is 17.0 Å². The summed E-state index contributed by atoms with van der Waals surface area (Å²) in [6.45, 7) is 8.82. The topological polar surface area (TPSA) is 44.9 Å². The van der Waals surface area contributed by atoms with E-state index in [9.17, 15) is 0 Å². The second kappa shape index (κ2) is 8.47. The standard InChI is InChI=1S/C25H26N4OS/c1-16-8-6-10-20(12-16)21-13-19(4)24(14-18(21)3)30-15-22-17(2)9-7-11-23(22)29-25(31)28(5)26-27-29/h6-14H,15H2,1-5H3. The van der Waals surface area contributed by atoms with Crippen LogP contribution in [-0.4, -0.2) is 19.8 Å². The molecular formula is C25H26N4OS. The Morgan fingerprint density at radius 2 is 1.65 bits per heavy atom. The summed E-state index contributed by atoms with van der Waals surface area (Å²) in [5.74, 6) is 0.880. The summed E-state index contributed by atoms with van der Waals surface area (Å²) in [5, 5.41) is 8.23. The Balaban J connectivity index is 1.66. The first-order valence-corrected chi connectivity index (χ1v) is 10.6. The van der Waals surface area contributed by atoms with Crippen LogP contribution in [0.3, 0.4) is 0 Å². The maximum atomic E-state index is 6.31. The lowest BCUT2D eigenvalue weighted by atomic mass is 9.96. The first-order valence-electron chi connectivity index (χ1n) is 10.2. The average Bonchev–Trinajstić information content (AvgIpc) is 3.07. The molecule has 0 saturated heterocycles. The van der Waals surface area contributed by atoms with Crippen LogP contribution in [0, 0.1) is 32.5 Å². The molecule has 0 N–H and O–H groups in total. The van der Waals surface area contributed by atoms with Crippen molar-refractivity contribution in [1.29, 1.82) is 0 Å². The lowest BCUT2D eigenvalue weighted by Gasteiger charge is -2.16. The summed E-state index contributed by atoms with van der Waals surface area (Å²) in [6, 6.07) is 19.0. The number of hydrogen-bond donors (Lipinski definition) is 0. The molecule has 158 valence electrons. The number of aryl methyl sites for hydroxylation is 5. The number of hydrogen-bond acceptors (Lipinski definition) is 4. The Labute approximate surface area is 187 Å². The van der Waals surface area contributed by atoms with Gasteiger partial charge in [-0.3, -0.25) is 0 Å². The molecule has 0 radical (unpaired) electrons. The van der Waals surface area contributed by atoms with Crippen molar-refractivity contribution in [2.24, 2.45) is 7.05 Å². The van der Waals surface area contributed by atoms with Crippen LogP contribution in [0.5, 0.6) is 5.75 Å². The van der Waals surface area contributed by atoms with Gasteiger partial charge in [-0.15, -0.1) is 0 Å². The van der Waals surface area contributed by atoms with Crippen molar-refractivity contribution in [2.45, 2.75) is 34.3 Å². The van der Waals surface area contributed by atoms with Crippen LogP contribution in [0.1, 0.15) is 27.8 Å². The predicted molar refractivity (Wildman–Crippen MR) is 126 cm³/mol. The van der Waals surface area contributed by atoms with Crippen molar-refractivity contribution in [3.63, 3.8) is 0 Å². The first kappa shape index (κ1) is 21.0. The van der Waals surface area contributed by atoms with Gasteiger partial charge in [0.1, 0.15) is 12.4 Å². The van der Waals surface area contributed by atoms with E-state index in [0.29, 0.717) is 11.4 Å². The van der Waals surface area contributed by atoms with Gasteiger partial charge in [0.15, 0.2) is 0 Å². The van der Waals surface area contributed by atoms with E-state index in [1.54, 1.807) is 16.4 Å². The third-order valence-corrected chi connectivity index (χ3v) is 6.00. The summed E-state index contributed by atoms with van der Waals surface area (Å²) in [7, 11) is 1.79. The number of ether oxygens (including phenoxy) is 1. The largest absolute Gasteiger partial charge is 0.489 e. The van der Waals surface area contributed by atoms with E-state index in [2.05, 4.69) is 80.6 Å².